The number of nitrogens with two attached hydrogens (primary N) is 1. The quantitative estimate of drug-likeness (QED) is 0.239. The number of aliphatic hydroxyl groups is 2. The predicted molar refractivity (Wildman–Crippen MR) is 109 cm³/mol. The Bertz CT molecular complexity index is 590. The first kappa shape index (κ1) is 27.6. The van der Waals surface area contributed by atoms with E-state index in [1.807, 2.05) is 6.92 Å². The molecule has 4 atom stereocenters. The van der Waals surface area contributed by atoms with Crippen molar-refractivity contribution in [3.8, 4) is 0 Å². The number of alkyl carbamates (subject to hydrolysis) is 1. The van der Waals surface area contributed by atoms with Crippen LogP contribution in [0.5, 0.6) is 0 Å². The van der Waals surface area contributed by atoms with E-state index in [1.165, 1.54) is 18.7 Å². The lowest BCUT2D eigenvalue weighted by Gasteiger charge is -2.35. The summed E-state index contributed by atoms with van der Waals surface area (Å²) < 4.78 is 5.14. The van der Waals surface area contributed by atoms with E-state index < -0.39 is 47.8 Å². The molecule has 0 saturated carbocycles. The van der Waals surface area contributed by atoms with Gasteiger partial charge in [-0.2, -0.15) is 0 Å². The molecule has 0 saturated heterocycles. The Morgan fingerprint density at radius 3 is 2.10 bits per heavy atom. The molecule has 5 N–H and O–H groups in total. The summed E-state index contributed by atoms with van der Waals surface area (Å²) in [5.41, 5.74) is 4.48. The van der Waals surface area contributed by atoms with E-state index in [-0.39, 0.29) is 13.2 Å². The second kappa shape index (κ2) is 12.3. The number of ether oxygens (including phenoxy) is 1. The van der Waals surface area contributed by atoms with Crippen LogP contribution in [0.3, 0.4) is 0 Å². The average Bonchev–Trinajstić information content (AvgIpc) is 2.58. The third kappa shape index (κ3) is 9.40. The normalized spacial score (nSPS) is 15.3. The first-order valence-electron chi connectivity index (χ1n) is 9.89. The van der Waals surface area contributed by atoms with Gasteiger partial charge in [0.25, 0.3) is 0 Å². The van der Waals surface area contributed by atoms with Gasteiger partial charge in [-0.1, -0.05) is 13.3 Å². The summed E-state index contributed by atoms with van der Waals surface area (Å²) in [4.78, 5) is 50.5. The first-order valence-corrected chi connectivity index (χ1v) is 9.89. The monoisotopic (exact) mass is 432 g/mol. The Hall–Kier alpha value is -2.40. The summed E-state index contributed by atoms with van der Waals surface area (Å²) in [7, 11) is 0. The molecule has 0 heterocycles. The van der Waals surface area contributed by atoms with E-state index in [0.29, 0.717) is 12.8 Å². The summed E-state index contributed by atoms with van der Waals surface area (Å²) >= 11 is 0. The van der Waals surface area contributed by atoms with Crippen LogP contribution in [-0.2, 0) is 19.1 Å². The number of carbonyl (C=O) groups excluding carboxylic acids is 4. The van der Waals surface area contributed by atoms with Crippen molar-refractivity contribution in [2.45, 2.75) is 84.3 Å². The minimum atomic E-state index is -1.34. The number of hydrogen-bond acceptors (Lipinski definition) is 7. The Kier molecular flexibility index (Phi) is 11.3. The fourth-order valence-electron chi connectivity index (χ4n) is 2.68. The zero-order valence-corrected chi connectivity index (χ0v) is 18.6. The Morgan fingerprint density at radius 2 is 1.73 bits per heavy atom. The van der Waals surface area contributed by atoms with Gasteiger partial charge in [0, 0.05) is 6.54 Å². The van der Waals surface area contributed by atoms with Crippen LogP contribution in [0.25, 0.3) is 0 Å². The molecule has 0 radical (unpaired) electrons. The van der Waals surface area contributed by atoms with E-state index in [1.54, 1.807) is 20.8 Å². The van der Waals surface area contributed by atoms with Gasteiger partial charge in [-0.15, -0.1) is 0 Å². The van der Waals surface area contributed by atoms with Crippen LogP contribution >= 0.6 is 0 Å². The van der Waals surface area contributed by atoms with Gasteiger partial charge >= 0.3 is 6.09 Å². The van der Waals surface area contributed by atoms with Crippen LogP contribution in [0.1, 0.15) is 54.4 Å². The molecule has 0 aromatic rings. The molecule has 0 aliphatic carbocycles. The first-order chi connectivity index (χ1) is 13.7. The van der Waals surface area contributed by atoms with Crippen LogP contribution in [0.15, 0.2) is 0 Å². The highest BCUT2D eigenvalue weighted by atomic mass is 16.6. The molecule has 11 nitrogen and oxygen atoms in total. The standard InChI is InChI=1S/C19H36N4O7/c1-7-8-9-22(10-23(11-24)15(13(3)26)16(20)27)17(28)14(12(2)25)21-18(29)30-19(4,5)6/h11-15,25-26H,7-10H2,1-6H3,(H2,20,27)(H,21,29)/t12-,13-,14+,15+/m1/s1. The van der Waals surface area contributed by atoms with E-state index in [2.05, 4.69) is 5.32 Å². The molecule has 174 valence electrons. The number of carbonyl (C=O) groups is 4. The third-order valence-corrected chi connectivity index (χ3v) is 4.09. The Morgan fingerprint density at radius 1 is 1.17 bits per heavy atom. The summed E-state index contributed by atoms with van der Waals surface area (Å²) in [5.74, 6) is -1.61. The highest BCUT2D eigenvalue weighted by Gasteiger charge is 2.34. The van der Waals surface area contributed by atoms with E-state index >= 15 is 0 Å². The average molecular weight is 433 g/mol. The minimum absolute atomic E-state index is 0.185. The maximum absolute atomic E-state index is 13.1. The summed E-state index contributed by atoms with van der Waals surface area (Å²) in [6.45, 7) is 9.31. The largest absolute Gasteiger partial charge is 0.444 e. The van der Waals surface area contributed by atoms with Crippen molar-refractivity contribution in [3.05, 3.63) is 0 Å². The molecule has 0 aromatic carbocycles. The van der Waals surface area contributed by atoms with Crippen molar-refractivity contribution in [2.24, 2.45) is 5.73 Å². The number of nitrogens with one attached hydrogen (secondary N) is 1. The molecule has 4 amide bonds. The smallest absolute Gasteiger partial charge is 0.408 e. The number of nitrogens with zero attached hydrogens (tertiary/aromatic N) is 2. The van der Waals surface area contributed by atoms with E-state index in [0.717, 1.165) is 11.3 Å². The molecule has 0 bridgehead atoms. The molecule has 0 aliphatic rings. The lowest BCUT2D eigenvalue weighted by Crippen LogP contribution is -2.59. The van der Waals surface area contributed by atoms with Crippen molar-refractivity contribution in [1.82, 2.24) is 15.1 Å². The molecule has 0 aliphatic heterocycles. The number of hydrogen-bond donors (Lipinski definition) is 4. The lowest BCUT2D eigenvalue weighted by molar-refractivity contribution is -0.145. The van der Waals surface area contributed by atoms with Gasteiger partial charge in [-0.05, 0) is 41.0 Å². The fraction of sp³-hybridized carbons (Fsp3) is 0.789. The van der Waals surface area contributed by atoms with Crippen molar-refractivity contribution >= 4 is 24.3 Å². The van der Waals surface area contributed by atoms with Gasteiger partial charge in [0.1, 0.15) is 17.7 Å². The van der Waals surface area contributed by atoms with Gasteiger partial charge in [0.2, 0.25) is 18.2 Å². The Labute approximate surface area is 177 Å². The van der Waals surface area contributed by atoms with Gasteiger partial charge in [0.15, 0.2) is 0 Å². The predicted octanol–water partition coefficient (Wildman–Crippen LogP) is -0.460. The number of aliphatic hydroxyl groups excluding tert-OH is 2. The third-order valence-electron chi connectivity index (χ3n) is 4.09. The number of amides is 4. The molecule has 11 heteroatoms. The molecule has 0 rings (SSSR count). The highest BCUT2D eigenvalue weighted by molar-refractivity contribution is 5.87. The minimum Gasteiger partial charge on any atom is -0.444 e. The topological polar surface area (TPSA) is 162 Å². The summed E-state index contributed by atoms with van der Waals surface area (Å²) in [5, 5.41) is 22.2. The molecule has 0 unspecified atom stereocenters. The fourth-order valence-corrected chi connectivity index (χ4v) is 2.68. The number of primary amides is 1. The van der Waals surface area contributed by atoms with Crippen LogP contribution in [0, 0.1) is 0 Å². The molecule has 30 heavy (non-hydrogen) atoms. The molecule has 0 spiro atoms. The van der Waals surface area contributed by atoms with Crippen molar-refractivity contribution in [1.29, 1.82) is 0 Å². The lowest BCUT2D eigenvalue weighted by atomic mass is 10.1. The van der Waals surface area contributed by atoms with Gasteiger partial charge in [-0.25, -0.2) is 4.79 Å². The maximum atomic E-state index is 13.1. The Balaban J connectivity index is 5.67. The highest BCUT2D eigenvalue weighted by Crippen LogP contribution is 2.11. The van der Waals surface area contributed by atoms with Crippen LogP contribution in [0.4, 0.5) is 4.79 Å². The zero-order valence-electron chi connectivity index (χ0n) is 18.6. The van der Waals surface area contributed by atoms with Crippen LogP contribution < -0.4 is 11.1 Å². The van der Waals surface area contributed by atoms with Crippen molar-refractivity contribution < 1.29 is 34.1 Å². The van der Waals surface area contributed by atoms with E-state index in [4.69, 9.17) is 10.5 Å². The molecular formula is C19H36N4O7. The summed E-state index contributed by atoms with van der Waals surface area (Å²) in [6, 6.07) is -2.69. The van der Waals surface area contributed by atoms with Gasteiger partial charge in [0.05, 0.1) is 18.9 Å². The van der Waals surface area contributed by atoms with Crippen molar-refractivity contribution in [3.63, 3.8) is 0 Å². The second-order valence-electron chi connectivity index (χ2n) is 8.17. The molecule has 0 aromatic heterocycles. The number of rotatable bonds is 12. The zero-order chi connectivity index (χ0) is 23.6. The van der Waals surface area contributed by atoms with Gasteiger partial charge < -0.3 is 35.8 Å². The van der Waals surface area contributed by atoms with Crippen LogP contribution in [0.2, 0.25) is 0 Å². The molecular weight excluding hydrogens is 396 g/mol. The van der Waals surface area contributed by atoms with E-state index in [9.17, 15) is 29.4 Å². The second-order valence-corrected chi connectivity index (χ2v) is 8.17. The van der Waals surface area contributed by atoms with Crippen LogP contribution in [-0.4, -0.2) is 87.4 Å². The summed E-state index contributed by atoms with van der Waals surface area (Å²) in [6.07, 6.45) is -1.81. The maximum Gasteiger partial charge on any atom is 0.408 e. The number of unbranched alkanes of at least 4 members (excludes halogenated alkanes) is 1. The SMILES string of the molecule is CCCCN(CN(C=O)[C@H](C(N)=O)[C@@H](C)O)C(=O)[C@@H](NC(=O)OC(C)(C)C)[C@@H](C)O. The van der Waals surface area contributed by atoms with Crippen molar-refractivity contribution in [2.75, 3.05) is 13.2 Å². The van der Waals surface area contributed by atoms with Gasteiger partial charge in [-0.3, -0.25) is 14.4 Å². The molecule has 0 fully saturated rings.